The molecule has 2 aromatic rings. The maximum Gasteiger partial charge on any atom is 0.276 e. The summed E-state index contributed by atoms with van der Waals surface area (Å²) in [5.41, 5.74) is 1.65. The predicted molar refractivity (Wildman–Crippen MR) is 91.9 cm³/mol. The van der Waals surface area contributed by atoms with Gasteiger partial charge in [-0.2, -0.15) is 10.4 Å². The van der Waals surface area contributed by atoms with Gasteiger partial charge in [-0.05, 0) is 44.3 Å². The van der Waals surface area contributed by atoms with Gasteiger partial charge in [-0.25, -0.2) is 0 Å². The second kappa shape index (κ2) is 7.25. The monoisotopic (exact) mass is 354 g/mol. The van der Waals surface area contributed by atoms with Gasteiger partial charge in [-0.1, -0.05) is 5.21 Å². The third kappa shape index (κ3) is 3.46. The Hall–Kier alpha value is -2.73. The molecule has 0 radical (unpaired) electrons. The number of rotatable bonds is 3. The molecule has 4 heterocycles. The van der Waals surface area contributed by atoms with Crippen molar-refractivity contribution in [1.29, 1.82) is 5.26 Å². The zero-order chi connectivity index (χ0) is 17.9. The fourth-order valence-electron chi connectivity index (χ4n) is 3.68. The van der Waals surface area contributed by atoms with Crippen LogP contribution in [-0.2, 0) is 19.6 Å². The van der Waals surface area contributed by atoms with Gasteiger partial charge in [0.1, 0.15) is 6.07 Å². The summed E-state index contributed by atoms with van der Waals surface area (Å²) in [5, 5.41) is 24.9. The fourth-order valence-corrected chi connectivity index (χ4v) is 3.68. The number of piperidine rings is 1. The molecule has 26 heavy (non-hydrogen) atoms. The van der Waals surface area contributed by atoms with Crippen LogP contribution in [0, 0.1) is 17.2 Å². The second-order valence-corrected chi connectivity index (χ2v) is 6.97. The highest BCUT2D eigenvalue weighted by Gasteiger charge is 2.24. The second-order valence-electron chi connectivity index (χ2n) is 6.97. The van der Waals surface area contributed by atoms with Crippen molar-refractivity contribution in [3.63, 3.8) is 0 Å². The average molecular weight is 354 g/mol. The highest BCUT2D eigenvalue weighted by Crippen LogP contribution is 2.16. The van der Waals surface area contributed by atoms with Crippen LogP contribution in [-0.4, -0.2) is 55.2 Å². The van der Waals surface area contributed by atoms with Gasteiger partial charge < -0.3 is 10.2 Å². The van der Waals surface area contributed by atoms with Crippen molar-refractivity contribution in [2.75, 3.05) is 19.6 Å². The molecule has 2 aliphatic heterocycles. The van der Waals surface area contributed by atoms with Crippen molar-refractivity contribution in [3.8, 4) is 6.07 Å². The number of aromatic nitrogens is 5. The van der Waals surface area contributed by atoms with Gasteiger partial charge in [0.15, 0.2) is 11.4 Å². The molecule has 1 amide bonds. The first-order valence-corrected chi connectivity index (χ1v) is 9.10. The number of carbonyl (C=O) groups is 1. The molecule has 9 nitrogen and oxygen atoms in total. The van der Waals surface area contributed by atoms with Crippen molar-refractivity contribution < 1.29 is 4.79 Å². The van der Waals surface area contributed by atoms with Crippen LogP contribution in [0.1, 0.15) is 41.1 Å². The molecule has 1 atom stereocenters. The van der Waals surface area contributed by atoms with E-state index in [0.717, 1.165) is 31.7 Å². The van der Waals surface area contributed by atoms with Crippen molar-refractivity contribution in [3.05, 3.63) is 29.3 Å². The number of nitrogens with one attached hydrogen (secondary N) is 1. The number of hydrogen-bond acceptors (Lipinski definition) is 6. The normalized spacial score (nSPS) is 20.3. The Morgan fingerprint density at radius 1 is 1.38 bits per heavy atom. The number of nitrogens with zero attached hydrogens (tertiary/aromatic N) is 7. The molecule has 136 valence electrons. The summed E-state index contributed by atoms with van der Waals surface area (Å²) < 4.78 is 3.60. The zero-order valence-corrected chi connectivity index (χ0v) is 14.6. The van der Waals surface area contributed by atoms with Crippen LogP contribution in [0.15, 0.2) is 12.3 Å². The number of carbonyl (C=O) groups excluding carboxylic acids is 1. The van der Waals surface area contributed by atoms with Crippen molar-refractivity contribution in [2.24, 2.45) is 5.92 Å². The lowest BCUT2D eigenvalue weighted by atomic mass is 10.00. The van der Waals surface area contributed by atoms with Crippen molar-refractivity contribution >= 4 is 5.91 Å². The van der Waals surface area contributed by atoms with E-state index in [1.165, 1.54) is 12.8 Å². The highest BCUT2D eigenvalue weighted by molar-refractivity contribution is 5.91. The molecular weight excluding hydrogens is 332 g/mol. The van der Waals surface area contributed by atoms with Gasteiger partial charge in [-0.15, -0.1) is 5.10 Å². The molecular formula is C17H22N8O. The van der Waals surface area contributed by atoms with Gasteiger partial charge >= 0.3 is 0 Å². The number of aryl methyl sites for hydroxylation is 1. The average Bonchev–Trinajstić information content (AvgIpc) is 3.23. The maximum absolute atomic E-state index is 12.8. The molecule has 1 N–H and O–H groups in total. The fraction of sp³-hybridized carbons (Fsp3) is 0.588. The van der Waals surface area contributed by atoms with Gasteiger partial charge in [0, 0.05) is 19.6 Å². The molecule has 0 spiro atoms. The van der Waals surface area contributed by atoms with Gasteiger partial charge in [0.25, 0.3) is 5.91 Å². The minimum atomic E-state index is -0.119. The summed E-state index contributed by atoms with van der Waals surface area (Å²) in [5.74, 6) is 0.413. The van der Waals surface area contributed by atoms with Gasteiger partial charge in [-0.3, -0.25) is 14.2 Å². The Morgan fingerprint density at radius 3 is 3.12 bits per heavy atom. The van der Waals surface area contributed by atoms with E-state index in [2.05, 4.69) is 26.8 Å². The Balaban J connectivity index is 1.44. The van der Waals surface area contributed by atoms with E-state index in [-0.39, 0.29) is 5.91 Å². The minimum absolute atomic E-state index is 0.119. The highest BCUT2D eigenvalue weighted by atomic mass is 16.2. The first-order valence-electron chi connectivity index (χ1n) is 9.10. The number of nitriles is 1. The molecule has 1 saturated heterocycles. The van der Waals surface area contributed by atoms with Crippen LogP contribution in [0.2, 0.25) is 0 Å². The lowest BCUT2D eigenvalue weighted by Gasteiger charge is -2.22. The van der Waals surface area contributed by atoms with Crippen molar-refractivity contribution in [1.82, 2.24) is 35.0 Å². The zero-order valence-electron chi connectivity index (χ0n) is 14.6. The Labute approximate surface area is 151 Å². The van der Waals surface area contributed by atoms with Crippen LogP contribution in [0.5, 0.6) is 0 Å². The van der Waals surface area contributed by atoms with Crippen LogP contribution >= 0.6 is 0 Å². The van der Waals surface area contributed by atoms with Gasteiger partial charge in [0.2, 0.25) is 0 Å². The summed E-state index contributed by atoms with van der Waals surface area (Å²) in [6.07, 6.45) is 4.90. The number of hydrogen-bond donors (Lipinski definition) is 1. The maximum atomic E-state index is 12.8. The third-order valence-electron chi connectivity index (χ3n) is 5.02. The summed E-state index contributed by atoms with van der Waals surface area (Å²) in [7, 11) is 0. The van der Waals surface area contributed by atoms with Crippen LogP contribution in [0.4, 0.5) is 0 Å². The number of fused-ring (bicyclic) bond motifs is 1. The Kier molecular flexibility index (Phi) is 4.67. The quantitative estimate of drug-likeness (QED) is 0.855. The van der Waals surface area contributed by atoms with E-state index >= 15 is 0 Å². The van der Waals surface area contributed by atoms with Crippen LogP contribution in [0.25, 0.3) is 0 Å². The summed E-state index contributed by atoms with van der Waals surface area (Å²) in [6, 6.07) is 3.80. The molecule has 0 aromatic carbocycles. The topological polar surface area (TPSA) is 105 Å². The molecule has 2 aromatic heterocycles. The molecule has 9 heteroatoms. The predicted octanol–water partition coefficient (Wildman–Crippen LogP) is 0.392. The van der Waals surface area contributed by atoms with E-state index in [1.807, 2.05) is 4.68 Å². The molecule has 2 aliphatic rings. The van der Waals surface area contributed by atoms with Crippen LogP contribution in [0.3, 0.4) is 0 Å². The van der Waals surface area contributed by atoms with E-state index in [0.29, 0.717) is 36.9 Å². The molecule has 4 rings (SSSR count). The summed E-state index contributed by atoms with van der Waals surface area (Å²) >= 11 is 0. The van der Waals surface area contributed by atoms with Gasteiger partial charge in [0.05, 0.1) is 18.4 Å². The molecule has 1 unspecified atom stereocenters. The summed E-state index contributed by atoms with van der Waals surface area (Å²) in [6.45, 7) is 4.64. The largest absolute Gasteiger partial charge is 0.331 e. The summed E-state index contributed by atoms with van der Waals surface area (Å²) in [4.78, 5) is 14.6. The van der Waals surface area contributed by atoms with Crippen molar-refractivity contribution in [2.45, 2.75) is 38.9 Å². The standard InChI is InChI=1S/C17H22N8O/c18-8-14-7-15-11-23(5-2-6-25(15)21-14)17(26)16-12-24(22-20-16)10-13-3-1-4-19-9-13/h7,12-13,19H,1-6,9-11H2. The minimum Gasteiger partial charge on any atom is -0.331 e. The molecule has 1 fully saturated rings. The van der Waals surface area contributed by atoms with E-state index in [4.69, 9.17) is 5.26 Å². The number of amides is 1. The molecule has 0 saturated carbocycles. The lowest BCUT2D eigenvalue weighted by Crippen LogP contribution is -2.32. The lowest BCUT2D eigenvalue weighted by molar-refractivity contribution is 0.0739. The van der Waals surface area contributed by atoms with Crippen LogP contribution < -0.4 is 5.32 Å². The molecule has 0 bridgehead atoms. The van der Waals surface area contributed by atoms with E-state index in [9.17, 15) is 4.79 Å². The Morgan fingerprint density at radius 2 is 2.31 bits per heavy atom. The molecule has 0 aliphatic carbocycles. The Bertz CT molecular complexity index is 826. The first kappa shape index (κ1) is 16.7. The smallest absolute Gasteiger partial charge is 0.276 e. The van der Waals surface area contributed by atoms with E-state index in [1.54, 1.807) is 21.8 Å². The van der Waals surface area contributed by atoms with E-state index < -0.39 is 0 Å². The third-order valence-corrected chi connectivity index (χ3v) is 5.02. The SMILES string of the molecule is N#Cc1cc2n(n1)CCCN(C(=O)c1cn(CC3CCCNC3)nn1)C2. The first-order chi connectivity index (χ1) is 12.7.